The minimum Gasteiger partial charge on any atom is -0.507 e. The Morgan fingerprint density at radius 2 is 1.09 bits per heavy atom. The Kier molecular flexibility index (Phi) is 2.42. The van der Waals surface area contributed by atoms with Gasteiger partial charge in [-0.25, -0.2) is 0 Å². The Morgan fingerprint density at radius 3 is 1.96 bits per heavy atom. The van der Waals surface area contributed by atoms with Gasteiger partial charge in [0, 0.05) is 5.39 Å². The zero-order valence-electron chi connectivity index (χ0n) is 12.5. The Hall–Kier alpha value is -3.06. The second-order valence-corrected chi connectivity index (χ2v) is 5.99. The number of hydrogen-bond acceptors (Lipinski definition) is 1. The molecule has 0 aliphatic rings. The van der Waals surface area contributed by atoms with Crippen molar-refractivity contribution in [1.29, 1.82) is 0 Å². The van der Waals surface area contributed by atoms with Crippen molar-refractivity contribution in [3.8, 4) is 5.75 Å². The molecule has 0 spiro atoms. The summed E-state index contributed by atoms with van der Waals surface area (Å²) in [6.07, 6.45) is 0. The molecule has 0 aliphatic heterocycles. The van der Waals surface area contributed by atoms with Crippen LogP contribution in [0.15, 0.2) is 78.9 Å². The first-order valence-corrected chi connectivity index (χ1v) is 7.78. The maximum Gasteiger partial charge on any atom is 0.124 e. The van der Waals surface area contributed by atoms with Gasteiger partial charge in [0.1, 0.15) is 5.75 Å². The van der Waals surface area contributed by atoms with Crippen LogP contribution in [0.1, 0.15) is 0 Å². The van der Waals surface area contributed by atoms with E-state index in [2.05, 4.69) is 54.6 Å². The number of phenolic OH excluding ortho intramolecular Hbond substituents is 1. The number of benzene rings is 5. The molecule has 5 rings (SSSR count). The number of rotatable bonds is 0. The number of phenols is 1. The lowest BCUT2D eigenvalue weighted by molar-refractivity contribution is 0.482. The average molecular weight is 294 g/mol. The smallest absolute Gasteiger partial charge is 0.124 e. The van der Waals surface area contributed by atoms with E-state index in [4.69, 9.17) is 0 Å². The fourth-order valence-electron chi connectivity index (χ4n) is 3.67. The zero-order valence-corrected chi connectivity index (χ0v) is 12.5. The van der Waals surface area contributed by atoms with Gasteiger partial charge in [-0.1, -0.05) is 72.8 Å². The van der Waals surface area contributed by atoms with Crippen LogP contribution < -0.4 is 0 Å². The van der Waals surface area contributed by atoms with Crippen LogP contribution in [0.5, 0.6) is 5.75 Å². The van der Waals surface area contributed by atoms with E-state index < -0.39 is 0 Å². The van der Waals surface area contributed by atoms with Crippen LogP contribution in [0.3, 0.4) is 0 Å². The average Bonchev–Trinajstić information content (AvgIpc) is 2.61. The molecular formula is C22H14O. The molecule has 0 saturated heterocycles. The van der Waals surface area contributed by atoms with Gasteiger partial charge in [-0.2, -0.15) is 0 Å². The van der Waals surface area contributed by atoms with Crippen molar-refractivity contribution in [2.45, 2.75) is 0 Å². The zero-order chi connectivity index (χ0) is 15.4. The Balaban J connectivity index is 2.14. The first-order valence-electron chi connectivity index (χ1n) is 7.78. The third-order valence-corrected chi connectivity index (χ3v) is 4.72. The molecule has 23 heavy (non-hydrogen) atoms. The highest BCUT2D eigenvalue weighted by Crippen LogP contribution is 2.38. The molecular weight excluding hydrogens is 280 g/mol. The first kappa shape index (κ1) is 12.5. The predicted molar refractivity (Wildman–Crippen MR) is 98.1 cm³/mol. The lowest BCUT2D eigenvalue weighted by atomic mass is 9.93. The van der Waals surface area contributed by atoms with Gasteiger partial charge < -0.3 is 5.11 Å². The maximum absolute atomic E-state index is 10.5. The molecule has 0 bridgehead atoms. The molecule has 5 aromatic carbocycles. The van der Waals surface area contributed by atoms with Crippen molar-refractivity contribution < 1.29 is 5.11 Å². The van der Waals surface area contributed by atoms with E-state index in [0.717, 1.165) is 16.2 Å². The molecule has 0 radical (unpaired) electrons. The molecule has 0 aliphatic carbocycles. The molecule has 0 unspecified atom stereocenters. The number of fused-ring (bicyclic) bond motifs is 7. The topological polar surface area (TPSA) is 20.2 Å². The maximum atomic E-state index is 10.5. The fourth-order valence-corrected chi connectivity index (χ4v) is 3.67. The molecule has 108 valence electrons. The van der Waals surface area contributed by atoms with E-state index in [9.17, 15) is 5.11 Å². The summed E-state index contributed by atoms with van der Waals surface area (Å²) in [5, 5.41) is 19.6. The summed E-state index contributed by atoms with van der Waals surface area (Å²) in [6.45, 7) is 0. The Labute approximate surface area is 133 Å². The van der Waals surface area contributed by atoms with E-state index in [1.54, 1.807) is 0 Å². The minimum absolute atomic E-state index is 0.341. The highest BCUT2D eigenvalue weighted by molar-refractivity contribution is 6.25. The highest BCUT2D eigenvalue weighted by atomic mass is 16.3. The molecule has 1 heteroatoms. The number of hydrogen-bond donors (Lipinski definition) is 1. The van der Waals surface area contributed by atoms with Gasteiger partial charge >= 0.3 is 0 Å². The van der Waals surface area contributed by atoms with Crippen LogP contribution in [-0.2, 0) is 0 Å². The minimum atomic E-state index is 0.341. The van der Waals surface area contributed by atoms with E-state index in [1.165, 1.54) is 26.9 Å². The molecule has 0 amide bonds. The van der Waals surface area contributed by atoms with Gasteiger partial charge in [-0.15, -0.1) is 0 Å². The van der Waals surface area contributed by atoms with Crippen molar-refractivity contribution in [2.75, 3.05) is 0 Å². The Bertz CT molecular complexity index is 1220. The fraction of sp³-hybridized carbons (Fsp3) is 0. The summed E-state index contributed by atoms with van der Waals surface area (Å²) in [7, 11) is 0. The predicted octanol–water partition coefficient (Wildman–Crippen LogP) is 6.01. The molecule has 0 heterocycles. The summed E-state index contributed by atoms with van der Waals surface area (Å²) in [4.78, 5) is 0. The van der Waals surface area contributed by atoms with Crippen molar-refractivity contribution in [1.82, 2.24) is 0 Å². The van der Waals surface area contributed by atoms with Crippen LogP contribution in [-0.4, -0.2) is 5.11 Å². The van der Waals surface area contributed by atoms with Gasteiger partial charge in [0.05, 0.1) is 0 Å². The van der Waals surface area contributed by atoms with E-state index in [-0.39, 0.29) is 0 Å². The number of aromatic hydroxyl groups is 1. The quantitative estimate of drug-likeness (QED) is 0.347. The second-order valence-electron chi connectivity index (χ2n) is 5.99. The Morgan fingerprint density at radius 1 is 0.478 bits per heavy atom. The molecule has 0 fully saturated rings. The van der Waals surface area contributed by atoms with Gasteiger partial charge in [0.15, 0.2) is 0 Å². The van der Waals surface area contributed by atoms with Gasteiger partial charge in [0.2, 0.25) is 0 Å². The van der Waals surface area contributed by atoms with Gasteiger partial charge in [-0.05, 0) is 43.8 Å². The van der Waals surface area contributed by atoms with Gasteiger partial charge in [-0.3, -0.25) is 0 Å². The van der Waals surface area contributed by atoms with Crippen molar-refractivity contribution in [3.63, 3.8) is 0 Å². The van der Waals surface area contributed by atoms with Gasteiger partial charge in [0.25, 0.3) is 0 Å². The van der Waals surface area contributed by atoms with Crippen molar-refractivity contribution >= 4 is 43.1 Å². The van der Waals surface area contributed by atoms with E-state index in [1.807, 2.05) is 24.3 Å². The summed E-state index contributed by atoms with van der Waals surface area (Å²) < 4.78 is 0. The first-order chi connectivity index (χ1) is 11.3. The van der Waals surface area contributed by atoms with Crippen LogP contribution in [0, 0.1) is 0 Å². The summed E-state index contributed by atoms with van der Waals surface area (Å²) in [6, 6.07) is 27.0. The lowest BCUT2D eigenvalue weighted by Gasteiger charge is -2.11. The highest BCUT2D eigenvalue weighted by Gasteiger charge is 2.10. The van der Waals surface area contributed by atoms with Crippen LogP contribution in [0.25, 0.3) is 43.1 Å². The van der Waals surface area contributed by atoms with E-state index >= 15 is 0 Å². The molecule has 0 atom stereocenters. The van der Waals surface area contributed by atoms with Crippen LogP contribution in [0.2, 0.25) is 0 Å². The summed E-state index contributed by atoms with van der Waals surface area (Å²) >= 11 is 0. The van der Waals surface area contributed by atoms with Crippen LogP contribution in [0.4, 0.5) is 0 Å². The second kappa shape index (κ2) is 4.47. The van der Waals surface area contributed by atoms with Crippen molar-refractivity contribution in [3.05, 3.63) is 78.9 Å². The SMILES string of the molecule is Oc1cc2c(ccc3ccc4ccccc4c32)c2ccccc12. The molecule has 1 nitrogen and oxygen atoms in total. The summed E-state index contributed by atoms with van der Waals surface area (Å²) in [5.41, 5.74) is 0. The molecule has 5 aromatic rings. The third-order valence-electron chi connectivity index (χ3n) is 4.72. The van der Waals surface area contributed by atoms with Crippen molar-refractivity contribution in [2.24, 2.45) is 0 Å². The normalized spacial score (nSPS) is 11.7. The summed E-state index contributed by atoms with van der Waals surface area (Å²) in [5.74, 6) is 0.341. The van der Waals surface area contributed by atoms with E-state index in [0.29, 0.717) is 5.75 Å². The third kappa shape index (κ3) is 1.68. The molecule has 0 saturated carbocycles. The molecule has 0 aromatic heterocycles. The lowest BCUT2D eigenvalue weighted by Crippen LogP contribution is -1.83. The largest absolute Gasteiger partial charge is 0.507 e. The standard InChI is InChI=1S/C22H14O/c23-21-13-20-18(17-7-3-4-8-19(17)21)12-11-15-10-9-14-5-1-2-6-16(14)22(15)20/h1-13,23H. The van der Waals surface area contributed by atoms with Crippen LogP contribution >= 0.6 is 0 Å². The monoisotopic (exact) mass is 294 g/mol. The molecule has 1 N–H and O–H groups in total.